The summed E-state index contributed by atoms with van der Waals surface area (Å²) in [5.74, 6) is -1.06. The average Bonchev–Trinajstić information content (AvgIpc) is 3.42. The molecule has 0 bridgehead atoms. The summed E-state index contributed by atoms with van der Waals surface area (Å²) in [6.45, 7) is 1.71. The predicted octanol–water partition coefficient (Wildman–Crippen LogP) is 3.69. The summed E-state index contributed by atoms with van der Waals surface area (Å²) in [6.07, 6.45) is 1.59. The number of amides is 1. The van der Waals surface area contributed by atoms with E-state index < -0.39 is 17.9 Å². The Balaban J connectivity index is 1.47. The maximum atomic E-state index is 13.4. The Kier molecular flexibility index (Phi) is 5.37. The normalized spacial score (nSPS) is 12.2. The van der Waals surface area contributed by atoms with Gasteiger partial charge in [0.1, 0.15) is 17.6 Å². The molecule has 0 fully saturated rings. The van der Waals surface area contributed by atoms with Crippen LogP contribution in [-0.2, 0) is 22.4 Å². The molecule has 3 heterocycles. The first-order chi connectivity index (χ1) is 14.4. The highest BCUT2D eigenvalue weighted by Crippen LogP contribution is 2.26. The second kappa shape index (κ2) is 8.11. The van der Waals surface area contributed by atoms with E-state index in [1.165, 1.54) is 23.5 Å². The Morgan fingerprint density at radius 3 is 2.93 bits per heavy atom. The van der Waals surface area contributed by atoms with E-state index in [1.807, 2.05) is 17.5 Å². The zero-order valence-corrected chi connectivity index (χ0v) is 16.8. The summed E-state index contributed by atoms with van der Waals surface area (Å²) >= 11 is 1.47. The van der Waals surface area contributed by atoms with Gasteiger partial charge in [-0.3, -0.25) is 4.79 Å². The quantitative estimate of drug-likeness (QED) is 0.417. The van der Waals surface area contributed by atoms with E-state index in [0.717, 1.165) is 4.88 Å². The highest BCUT2D eigenvalue weighted by atomic mass is 32.1. The van der Waals surface area contributed by atoms with Crippen molar-refractivity contribution in [3.8, 4) is 10.8 Å². The second-order valence-electron chi connectivity index (χ2n) is 6.84. The van der Waals surface area contributed by atoms with Gasteiger partial charge in [0.2, 0.25) is 11.8 Å². The number of fused-ring (bicyclic) bond motifs is 1. The van der Waals surface area contributed by atoms with Crippen LogP contribution in [0.15, 0.2) is 46.3 Å². The second-order valence-corrected chi connectivity index (χ2v) is 7.79. The number of benzene rings is 1. The number of hydrogen-bond donors (Lipinski definition) is 3. The van der Waals surface area contributed by atoms with Gasteiger partial charge in [-0.05, 0) is 42.1 Å². The lowest BCUT2D eigenvalue weighted by atomic mass is 10.0. The number of oxazole rings is 1. The molecule has 0 radical (unpaired) electrons. The number of carbonyl (C=O) groups is 2. The van der Waals surface area contributed by atoms with Crippen molar-refractivity contribution < 1.29 is 23.5 Å². The highest BCUT2D eigenvalue weighted by molar-refractivity contribution is 7.13. The molecule has 154 valence electrons. The number of H-pyrrole nitrogens is 1. The lowest BCUT2D eigenvalue weighted by molar-refractivity contribution is -0.141. The van der Waals surface area contributed by atoms with Crippen LogP contribution in [0.5, 0.6) is 0 Å². The third kappa shape index (κ3) is 4.11. The van der Waals surface area contributed by atoms with Gasteiger partial charge in [0.15, 0.2) is 0 Å². The molecule has 0 unspecified atom stereocenters. The molecule has 0 aliphatic heterocycles. The van der Waals surface area contributed by atoms with Gasteiger partial charge < -0.3 is 19.8 Å². The topological polar surface area (TPSA) is 108 Å². The number of carboxylic acid groups (broad SMARTS) is 1. The Hall–Kier alpha value is -3.46. The molecule has 9 heteroatoms. The number of thiophene rings is 1. The minimum absolute atomic E-state index is 0.0605. The van der Waals surface area contributed by atoms with E-state index in [2.05, 4.69) is 15.3 Å². The molecular formula is C21H18FN3O4S. The third-order valence-corrected chi connectivity index (χ3v) is 5.60. The molecule has 0 aliphatic rings. The Labute approximate surface area is 174 Å². The van der Waals surface area contributed by atoms with Crippen molar-refractivity contribution in [3.05, 3.63) is 64.7 Å². The van der Waals surface area contributed by atoms with Crippen LogP contribution >= 0.6 is 11.3 Å². The van der Waals surface area contributed by atoms with Gasteiger partial charge in [0.05, 0.1) is 17.0 Å². The molecule has 0 aliphatic carbocycles. The molecule has 3 aromatic heterocycles. The number of nitrogens with zero attached hydrogens (tertiary/aromatic N) is 1. The van der Waals surface area contributed by atoms with Gasteiger partial charge in [-0.2, -0.15) is 0 Å². The summed E-state index contributed by atoms with van der Waals surface area (Å²) in [6, 6.07) is 6.85. The van der Waals surface area contributed by atoms with Crippen molar-refractivity contribution in [2.45, 2.75) is 25.8 Å². The van der Waals surface area contributed by atoms with Crippen LogP contribution in [-0.4, -0.2) is 33.0 Å². The minimum Gasteiger partial charge on any atom is -0.480 e. The summed E-state index contributed by atoms with van der Waals surface area (Å²) < 4.78 is 19.0. The van der Waals surface area contributed by atoms with Crippen molar-refractivity contribution in [1.82, 2.24) is 15.3 Å². The molecule has 1 amide bonds. The number of aliphatic carboxylic acids is 1. The fourth-order valence-corrected chi connectivity index (χ4v) is 3.89. The Bertz CT molecular complexity index is 1210. The van der Waals surface area contributed by atoms with Crippen LogP contribution in [0, 0.1) is 12.7 Å². The van der Waals surface area contributed by atoms with E-state index in [1.54, 1.807) is 19.2 Å². The number of nitrogens with one attached hydrogen (secondary N) is 2. The van der Waals surface area contributed by atoms with Crippen LogP contribution < -0.4 is 5.32 Å². The van der Waals surface area contributed by atoms with Crippen LogP contribution in [0.25, 0.3) is 21.7 Å². The van der Waals surface area contributed by atoms with Crippen LogP contribution in [0.3, 0.4) is 0 Å². The summed E-state index contributed by atoms with van der Waals surface area (Å²) in [7, 11) is 0. The number of aromatic nitrogens is 2. The monoisotopic (exact) mass is 427 g/mol. The Morgan fingerprint density at radius 1 is 1.37 bits per heavy atom. The molecule has 3 N–H and O–H groups in total. The van der Waals surface area contributed by atoms with Gasteiger partial charge in [-0.15, -0.1) is 11.3 Å². The smallest absolute Gasteiger partial charge is 0.326 e. The number of halogens is 1. The van der Waals surface area contributed by atoms with E-state index in [0.29, 0.717) is 33.8 Å². The molecule has 4 rings (SSSR count). The minimum atomic E-state index is -1.16. The van der Waals surface area contributed by atoms with Gasteiger partial charge >= 0.3 is 5.97 Å². The summed E-state index contributed by atoms with van der Waals surface area (Å²) in [4.78, 5) is 32.4. The number of rotatable bonds is 7. The van der Waals surface area contributed by atoms with Crippen molar-refractivity contribution in [2.75, 3.05) is 0 Å². The maximum absolute atomic E-state index is 13.4. The summed E-state index contributed by atoms with van der Waals surface area (Å²) in [5.41, 5.74) is 1.71. The fraction of sp³-hybridized carbons (Fsp3) is 0.190. The molecule has 30 heavy (non-hydrogen) atoms. The molecule has 0 saturated carbocycles. The molecule has 1 aromatic carbocycles. The average molecular weight is 427 g/mol. The first kappa shape index (κ1) is 19.8. The van der Waals surface area contributed by atoms with E-state index in [-0.39, 0.29) is 18.7 Å². The standard InChI is InChI=1S/C21H18FN3O4S/c1-11-15(25-20(29-11)18-3-2-6-30-18)9-19(26)24-17(21(27)28)7-12-10-23-16-8-13(22)4-5-14(12)16/h2-6,8,10,17,23H,7,9H2,1H3,(H,24,26)(H,27,28)/t17-/m1/s1. The van der Waals surface area contributed by atoms with E-state index in [9.17, 15) is 19.1 Å². The number of aromatic amines is 1. The van der Waals surface area contributed by atoms with Crippen molar-refractivity contribution in [1.29, 1.82) is 0 Å². The first-order valence-corrected chi connectivity index (χ1v) is 10.1. The number of aryl methyl sites for hydroxylation is 1. The molecule has 1 atom stereocenters. The van der Waals surface area contributed by atoms with Crippen molar-refractivity contribution in [3.63, 3.8) is 0 Å². The molecule has 7 nitrogen and oxygen atoms in total. The number of carbonyl (C=O) groups excluding carboxylic acids is 1. The van der Waals surface area contributed by atoms with Crippen molar-refractivity contribution >= 4 is 34.1 Å². The molecular weight excluding hydrogens is 409 g/mol. The molecule has 4 aromatic rings. The van der Waals surface area contributed by atoms with Gasteiger partial charge in [0, 0.05) is 23.5 Å². The largest absolute Gasteiger partial charge is 0.480 e. The van der Waals surface area contributed by atoms with Gasteiger partial charge in [0.25, 0.3) is 0 Å². The molecule has 0 spiro atoms. The lowest BCUT2D eigenvalue weighted by Crippen LogP contribution is -2.43. The summed E-state index contributed by atoms with van der Waals surface area (Å²) in [5, 5.41) is 14.7. The van der Waals surface area contributed by atoms with Crippen LogP contribution in [0.1, 0.15) is 17.0 Å². The number of carboxylic acids is 1. The van der Waals surface area contributed by atoms with Gasteiger partial charge in [-0.1, -0.05) is 6.07 Å². The number of hydrogen-bond acceptors (Lipinski definition) is 5. The fourth-order valence-electron chi connectivity index (χ4n) is 3.24. The van der Waals surface area contributed by atoms with Crippen LogP contribution in [0.4, 0.5) is 4.39 Å². The van der Waals surface area contributed by atoms with E-state index in [4.69, 9.17) is 4.42 Å². The molecule has 0 saturated heterocycles. The van der Waals surface area contributed by atoms with Crippen molar-refractivity contribution in [2.24, 2.45) is 0 Å². The zero-order chi connectivity index (χ0) is 21.3. The Morgan fingerprint density at radius 2 is 2.20 bits per heavy atom. The maximum Gasteiger partial charge on any atom is 0.326 e. The zero-order valence-electron chi connectivity index (χ0n) is 15.9. The van der Waals surface area contributed by atoms with E-state index >= 15 is 0 Å². The SMILES string of the molecule is Cc1oc(-c2cccs2)nc1CC(=O)N[C@H](Cc1c[nH]c2cc(F)ccc12)C(=O)O. The third-order valence-electron chi connectivity index (χ3n) is 4.74. The van der Waals surface area contributed by atoms with Crippen LogP contribution in [0.2, 0.25) is 0 Å². The van der Waals surface area contributed by atoms with Gasteiger partial charge in [-0.25, -0.2) is 14.2 Å². The highest BCUT2D eigenvalue weighted by Gasteiger charge is 2.23. The predicted molar refractivity (Wildman–Crippen MR) is 110 cm³/mol. The first-order valence-electron chi connectivity index (χ1n) is 9.18. The lowest BCUT2D eigenvalue weighted by Gasteiger charge is -2.14.